The number of ether oxygens (including phenoxy) is 1. The Morgan fingerprint density at radius 1 is 1.45 bits per heavy atom. The molecule has 1 aromatic carbocycles. The Labute approximate surface area is 135 Å². The maximum Gasteiger partial charge on any atom is 0.339 e. The molecule has 4 nitrogen and oxygen atoms in total. The van der Waals surface area contributed by atoms with Gasteiger partial charge in [0.2, 0.25) is 0 Å². The van der Waals surface area contributed by atoms with Crippen molar-refractivity contribution in [1.82, 2.24) is 5.06 Å². The van der Waals surface area contributed by atoms with Crippen molar-refractivity contribution in [2.75, 3.05) is 19.1 Å². The highest BCUT2D eigenvalue weighted by atomic mass is 32.2. The third-order valence-electron chi connectivity index (χ3n) is 4.52. The van der Waals surface area contributed by atoms with Crippen LogP contribution in [0.15, 0.2) is 35.9 Å². The van der Waals surface area contributed by atoms with E-state index in [0.717, 1.165) is 24.2 Å². The molecule has 118 valence electrons. The average molecular weight is 319 g/mol. The number of hydrogen-bond donors (Lipinski definition) is 0. The molecule has 1 aromatic rings. The van der Waals surface area contributed by atoms with Crippen LogP contribution < -0.4 is 0 Å². The van der Waals surface area contributed by atoms with Gasteiger partial charge in [0, 0.05) is 11.3 Å². The molecule has 0 saturated carbocycles. The Kier molecular flexibility index (Phi) is 4.19. The minimum Gasteiger partial charge on any atom is -0.465 e. The van der Waals surface area contributed by atoms with Gasteiger partial charge in [-0.2, -0.15) is 11.8 Å². The van der Waals surface area contributed by atoms with Crippen molar-refractivity contribution in [1.29, 1.82) is 0 Å². The highest BCUT2D eigenvalue weighted by Crippen LogP contribution is 2.49. The number of carbonyl (C=O) groups is 1. The zero-order valence-corrected chi connectivity index (χ0v) is 14.0. The van der Waals surface area contributed by atoms with Crippen molar-refractivity contribution in [3.05, 3.63) is 41.5 Å². The summed E-state index contributed by atoms with van der Waals surface area (Å²) in [4.78, 5) is 18.6. The van der Waals surface area contributed by atoms with Crippen molar-refractivity contribution in [3.8, 4) is 0 Å². The number of hydrogen-bond acceptors (Lipinski definition) is 5. The van der Waals surface area contributed by atoms with Crippen molar-refractivity contribution < 1.29 is 14.4 Å². The molecule has 3 rings (SSSR count). The lowest BCUT2D eigenvalue weighted by atomic mass is 9.88. The lowest BCUT2D eigenvalue weighted by Crippen LogP contribution is -2.43. The summed E-state index contributed by atoms with van der Waals surface area (Å²) in [5, 5.41) is 2.01. The summed E-state index contributed by atoms with van der Waals surface area (Å²) < 4.78 is 5.05. The van der Waals surface area contributed by atoms with Crippen LogP contribution in [0.25, 0.3) is 5.76 Å². The number of fused-ring (bicyclic) bond motifs is 1. The second-order valence-corrected chi connectivity index (χ2v) is 6.81. The number of benzene rings is 1. The molecule has 2 heterocycles. The molecule has 0 amide bonds. The predicted octanol–water partition coefficient (Wildman–Crippen LogP) is 3.10. The first kappa shape index (κ1) is 15.4. The van der Waals surface area contributed by atoms with Gasteiger partial charge < -0.3 is 9.57 Å². The monoisotopic (exact) mass is 319 g/mol. The molecular formula is C17H21NO3S. The third-order valence-corrected chi connectivity index (χ3v) is 5.24. The smallest absolute Gasteiger partial charge is 0.339 e. The average Bonchev–Trinajstić information content (AvgIpc) is 3.01. The maximum absolute atomic E-state index is 12.4. The molecule has 1 saturated heterocycles. The molecule has 0 unspecified atom stereocenters. The molecule has 1 fully saturated rings. The molecule has 0 N–H and O–H groups in total. The van der Waals surface area contributed by atoms with E-state index in [4.69, 9.17) is 9.57 Å². The summed E-state index contributed by atoms with van der Waals surface area (Å²) >= 11 is 1.80. The number of methoxy groups -OCH3 is 1. The second kappa shape index (κ2) is 5.97. The van der Waals surface area contributed by atoms with Gasteiger partial charge in [-0.3, -0.25) is 0 Å². The normalized spacial score (nSPS) is 27.7. The summed E-state index contributed by atoms with van der Waals surface area (Å²) in [7, 11) is 1.43. The summed E-state index contributed by atoms with van der Waals surface area (Å²) in [6.07, 6.45) is 4.03. The second-order valence-electron chi connectivity index (χ2n) is 5.90. The molecule has 5 heteroatoms. The van der Waals surface area contributed by atoms with Gasteiger partial charge in [0.1, 0.15) is 5.57 Å². The summed E-state index contributed by atoms with van der Waals surface area (Å²) in [6, 6.07) is 10.1. The first-order valence-electron chi connectivity index (χ1n) is 7.46. The first-order chi connectivity index (χ1) is 10.6. The fraction of sp³-hybridized carbons (Fsp3) is 0.471. The Morgan fingerprint density at radius 2 is 2.18 bits per heavy atom. The van der Waals surface area contributed by atoms with Crippen LogP contribution >= 0.6 is 11.8 Å². The van der Waals surface area contributed by atoms with Gasteiger partial charge in [-0.1, -0.05) is 30.3 Å². The van der Waals surface area contributed by atoms with Crippen molar-refractivity contribution in [3.63, 3.8) is 0 Å². The zero-order valence-electron chi connectivity index (χ0n) is 13.2. The quantitative estimate of drug-likeness (QED) is 0.797. The van der Waals surface area contributed by atoms with Gasteiger partial charge in [-0.25, -0.2) is 4.79 Å². The zero-order chi connectivity index (χ0) is 15.7. The van der Waals surface area contributed by atoms with Crippen LogP contribution in [0.5, 0.6) is 0 Å². The first-order valence-corrected chi connectivity index (χ1v) is 8.86. The standard InChI is InChI=1S/C17H21NO3S/c1-17-10-9-13(11-22-3)18(17)21-15(14(17)16(19)20-2)12-7-5-4-6-8-12/h4-8,13H,9-11H2,1-3H3/t13-,17-/m1/s1. The predicted molar refractivity (Wildman–Crippen MR) is 88.1 cm³/mol. The van der Waals surface area contributed by atoms with E-state index in [9.17, 15) is 4.79 Å². The topological polar surface area (TPSA) is 38.8 Å². The van der Waals surface area contributed by atoms with Crippen molar-refractivity contribution >= 4 is 23.5 Å². The Hall–Kier alpha value is -1.46. The number of esters is 1. The van der Waals surface area contributed by atoms with Crippen LogP contribution in [0.2, 0.25) is 0 Å². The van der Waals surface area contributed by atoms with Gasteiger partial charge in [0.05, 0.1) is 18.7 Å². The Morgan fingerprint density at radius 3 is 2.82 bits per heavy atom. The molecule has 22 heavy (non-hydrogen) atoms. The van der Waals surface area contributed by atoms with E-state index in [1.807, 2.05) is 35.4 Å². The summed E-state index contributed by atoms with van der Waals surface area (Å²) in [5.74, 6) is 1.33. The van der Waals surface area contributed by atoms with Crippen LogP contribution in [0.1, 0.15) is 25.3 Å². The van der Waals surface area contributed by atoms with Crippen molar-refractivity contribution in [2.24, 2.45) is 0 Å². The minimum absolute atomic E-state index is 0.298. The molecule has 0 bridgehead atoms. The maximum atomic E-state index is 12.4. The minimum atomic E-state index is -0.404. The summed E-state index contributed by atoms with van der Waals surface area (Å²) in [6.45, 7) is 2.08. The molecular weight excluding hydrogens is 298 g/mol. The molecule has 2 atom stereocenters. The fourth-order valence-electron chi connectivity index (χ4n) is 3.42. The number of rotatable bonds is 4. The van der Waals surface area contributed by atoms with Gasteiger partial charge >= 0.3 is 5.97 Å². The molecule has 2 aliphatic rings. The molecule has 0 radical (unpaired) electrons. The molecule has 0 aromatic heterocycles. The molecule has 0 spiro atoms. The van der Waals surface area contributed by atoms with Crippen LogP contribution in [0.4, 0.5) is 0 Å². The lowest BCUT2D eigenvalue weighted by Gasteiger charge is -2.30. The van der Waals surface area contributed by atoms with Gasteiger partial charge in [-0.15, -0.1) is 5.06 Å². The van der Waals surface area contributed by atoms with Gasteiger partial charge in [0.25, 0.3) is 0 Å². The van der Waals surface area contributed by atoms with E-state index in [2.05, 4.69) is 13.2 Å². The number of nitrogens with zero attached hydrogens (tertiary/aromatic N) is 1. The van der Waals surface area contributed by atoms with E-state index >= 15 is 0 Å². The van der Waals surface area contributed by atoms with Gasteiger partial charge in [0.15, 0.2) is 5.76 Å². The van der Waals surface area contributed by atoms with Gasteiger partial charge in [-0.05, 0) is 26.0 Å². The van der Waals surface area contributed by atoms with Crippen LogP contribution in [-0.4, -0.2) is 41.7 Å². The van der Waals surface area contributed by atoms with E-state index < -0.39 is 5.54 Å². The van der Waals surface area contributed by atoms with E-state index in [1.54, 1.807) is 11.8 Å². The van der Waals surface area contributed by atoms with Crippen LogP contribution in [-0.2, 0) is 14.4 Å². The lowest BCUT2D eigenvalue weighted by molar-refractivity contribution is -0.142. The highest BCUT2D eigenvalue weighted by molar-refractivity contribution is 7.98. The molecule has 2 aliphatic heterocycles. The molecule has 0 aliphatic carbocycles. The largest absolute Gasteiger partial charge is 0.465 e. The number of carbonyl (C=O) groups excluding carboxylic acids is 1. The third kappa shape index (κ3) is 2.32. The summed E-state index contributed by atoms with van der Waals surface area (Å²) in [5.41, 5.74) is 1.16. The van der Waals surface area contributed by atoms with E-state index in [0.29, 0.717) is 17.4 Å². The van der Waals surface area contributed by atoms with Crippen LogP contribution in [0, 0.1) is 0 Å². The van der Waals surface area contributed by atoms with Crippen LogP contribution in [0.3, 0.4) is 0 Å². The fourth-order valence-corrected chi connectivity index (χ4v) is 4.11. The Bertz CT molecular complexity index is 601. The number of hydroxylamine groups is 2. The SMILES string of the molecule is COC(=O)C1=C(c2ccccc2)ON2[C@@H](CSC)CC[C@]12C. The van der Waals surface area contributed by atoms with Crippen molar-refractivity contribution in [2.45, 2.75) is 31.3 Å². The highest BCUT2D eigenvalue weighted by Gasteiger charge is 2.56. The van der Waals surface area contributed by atoms with E-state index in [1.165, 1.54) is 7.11 Å². The van der Waals surface area contributed by atoms with E-state index in [-0.39, 0.29) is 5.97 Å². The number of thioether (sulfide) groups is 1. The Balaban J connectivity index is 2.05.